The summed E-state index contributed by atoms with van der Waals surface area (Å²) in [5.74, 6) is -1.45. The zero-order chi connectivity index (χ0) is 26.3. The summed E-state index contributed by atoms with van der Waals surface area (Å²) in [5.41, 5.74) is 5.57. The second-order valence-corrected chi connectivity index (χ2v) is 11.2. The summed E-state index contributed by atoms with van der Waals surface area (Å²) in [7, 11) is -3.98. The first-order chi connectivity index (χ1) is 17.1. The fourth-order valence-corrected chi connectivity index (χ4v) is 4.95. The normalized spacial score (nSPS) is 12.1. The summed E-state index contributed by atoms with van der Waals surface area (Å²) in [5, 5.41) is 0.539. The molecule has 0 aliphatic heterocycles. The minimum absolute atomic E-state index is 0.0118. The van der Waals surface area contributed by atoms with Gasteiger partial charge in [-0.3, -0.25) is 20.4 Å². The van der Waals surface area contributed by atoms with Crippen LogP contribution in [0.2, 0.25) is 5.02 Å². The van der Waals surface area contributed by atoms with Gasteiger partial charge >= 0.3 is 0 Å². The highest BCUT2D eigenvalue weighted by Gasteiger charge is 2.29. The molecule has 11 heteroatoms. The third-order valence-electron chi connectivity index (χ3n) is 5.13. The molecule has 0 fully saturated rings. The second-order valence-electron chi connectivity index (χ2n) is 8.12. The number of halogens is 2. The molecule has 0 heterocycles. The van der Waals surface area contributed by atoms with Crippen LogP contribution in [0, 0.1) is 5.92 Å². The highest BCUT2D eigenvalue weighted by Crippen LogP contribution is 2.22. The van der Waals surface area contributed by atoms with Gasteiger partial charge in [0, 0.05) is 15.1 Å². The van der Waals surface area contributed by atoms with E-state index in [0.29, 0.717) is 10.8 Å². The maximum absolute atomic E-state index is 12.8. The van der Waals surface area contributed by atoms with E-state index in [1.54, 1.807) is 62.4 Å². The number of benzene rings is 3. The van der Waals surface area contributed by atoms with Gasteiger partial charge in [-0.2, -0.15) is 4.72 Å². The maximum atomic E-state index is 12.8. The standard InChI is InChI=1S/C25H25BrClN3O5S/c1-16(2)23(30-36(33,34)19-13-11-18(26)12-14-19)25(32)29-28-24(31)20-8-4-6-10-22(20)35-15-17-7-3-5-9-21(17)27/h3-14,16,23,30H,15H2,1-2H3,(H,28,31)(H,29,32)/t23-/m0/s1. The fraction of sp³-hybridized carbons (Fsp3) is 0.200. The van der Waals surface area contributed by atoms with E-state index in [1.807, 2.05) is 12.1 Å². The average Bonchev–Trinajstić information content (AvgIpc) is 2.85. The Morgan fingerprint density at radius 2 is 1.58 bits per heavy atom. The van der Waals surface area contributed by atoms with Gasteiger partial charge in [0.2, 0.25) is 10.0 Å². The van der Waals surface area contributed by atoms with E-state index in [0.717, 1.165) is 10.0 Å². The lowest BCUT2D eigenvalue weighted by atomic mass is 10.1. The van der Waals surface area contributed by atoms with Gasteiger partial charge in [-0.1, -0.05) is 71.7 Å². The molecule has 1 atom stereocenters. The van der Waals surface area contributed by atoms with E-state index in [9.17, 15) is 18.0 Å². The molecule has 0 unspecified atom stereocenters. The Balaban J connectivity index is 1.66. The third kappa shape index (κ3) is 7.30. The van der Waals surface area contributed by atoms with E-state index >= 15 is 0 Å². The Bertz CT molecular complexity index is 1330. The van der Waals surface area contributed by atoms with Crippen molar-refractivity contribution < 1.29 is 22.7 Å². The number of sulfonamides is 1. The lowest BCUT2D eigenvalue weighted by Gasteiger charge is -2.22. The zero-order valence-electron chi connectivity index (χ0n) is 19.5. The molecule has 2 amide bonds. The molecule has 3 N–H and O–H groups in total. The molecular formula is C25H25BrClN3O5S. The van der Waals surface area contributed by atoms with Crippen molar-refractivity contribution in [3.05, 3.63) is 93.4 Å². The molecule has 36 heavy (non-hydrogen) atoms. The Hall–Kier alpha value is -2.92. The molecule has 0 aliphatic carbocycles. The van der Waals surface area contributed by atoms with Crippen molar-refractivity contribution in [3.8, 4) is 5.75 Å². The molecule has 8 nitrogen and oxygen atoms in total. The number of nitrogens with one attached hydrogen (secondary N) is 3. The Morgan fingerprint density at radius 1 is 0.944 bits per heavy atom. The topological polar surface area (TPSA) is 114 Å². The predicted molar refractivity (Wildman–Crippen MR) is 141 cm³/mol. The van der Waals surface area contributed by atoms with Crippen LogP contribution in [-0.4, -0.2) is 26.3 Å². The predicted octanol–water partition coefficient (Wildman–Crippen LogP) is 4.45. The molecule has 0 spiro atoms. The van der Waals surface area contributed by atoms with Crippen LogP contribution < -0.4 is 20.3 Å². The number of rotatable bonds is 9. The zero-order valence-corrected chi connectivity index (χ0v) is 22.7. The smallest absolute Gasteiger partial charge is 0.273 e. The van der Waals surface area contributed by atoms with E-state index in [2.05, 4.69) is 31.5 Å². The number of carbonyl (C=O) groups excluding carboxylic acids is 2. The van der Waals surface area contributed by atoms with Crippen molar-refractivity contribution in [2.45, 2.75) is 31.4 Å². The number of ether oxygens (including phenoxy) is 1. The van der Waals surface area contributed by atoms with Gasteiger partial charge in [0.1, 0.15) is 18.4 Å². The van der Waals surface area contributed by atoms with Crippen molar-refractivity contribution >= 4 is 49.4 Å². The Labute approximate surface area is 223 Å². The van der Waals surface area contributed by atoms with Crippen molar-refractivity contribution in [3.63, 3.8) is 0 Å². The summed E-state index contributed by atoms with van der Waals surface area (Å²) in [6, 6.07) is 18.6. The van der Waals surface area contributed by atoms with Gasteiger partial charge in [0.15, 0.2) is 0 Å². The maximum Gasteiger partial charge on any atom is 0.273 e. The Morgan fingerprint density at radius 3 is 2.25 bits per heavy atom. The van der Waals surface area contributed by atoms with E-state index in [-0.39, 0.29) is 17.1 Å². The van der Waals surface area contributed by atoms with Gasteiger partial charge < -0.3 is 4.74 Å². The lowest BCUT2D eigenvalue weighted by Crippen LogP contribution is -2.54. The first-order valence-electron chi connectivity index (χ1n) is 10.9. The van der Waals surface area contributed by atoms with Crippen LogP contribution in [0.1, 0.15) is 29.8 Å². The first kappa shape index (κ1) is 27.7. The summed E-state index contributed by atoms with van der Waals surface area (Å²) in [6.45, 7) is 3.52. The van der Waals surface area contributed by atoms with Gasteiger partial charge in [0.25, 0.3) is 11.8 Å². The first-order valence-corrected chi connectivity index (χ1v) is 13.6. The molecule has 0 saturated carbocycles. The van der Waals surface area contributed by atoms with Crippen LogP contribution in [-0.2, 0) is 21.4 Å². The number of hydrazine groups is 1. The van der Waals surface area contributed by atoms with Crippen molar-refractivity contribution in [1.29, 1.82) is 0 Å². The van der Waals surface area contributed by atoms with Crippen LogP contribution in [0.5, 0.6) is 5.75 Å². The molecule has 0 saturated heterocycles. The molecule has 0 aliphatic rings. The van der Waals surface area contributed by atoms with E-state index in [1.165, 1.54) is 12.1 Å². The molecule has 3 aromatic rings. The summed E-state index contributed by atoms with van der Waals surface area (Å²) in [4.78, 5) is 25.6. The largest absolute Gasteiger partial charge is 0.488 e. The summed E-state index contributed by atoms with van der Waals surface area (Å²) >= 11 is 9.42. The number of para-hydroxylation sites is 1. The Kier molecular flexibility index (Phi) is 9.49. The van der Waals surface area contributed by atoms with Gasteiger partial charge in [-0.15, -0.1) is 0 Å². The van der Waals surface area contributed by atoms with Gasteiger partial charge in [0.05, 0.1) is 10.5 Å². The van der Waals surface area contributed by atoms with Crippen LogP contribution in [0.25, 0.3) is 0 Å². The molecule has 0 aromatic heterocycles. The minimum Gasteiger partial charge on any atom is -0.488 e. The van der Waals surface area contributed by atoms with Crippen LogP contribution in [0.4, 0.5) is 0 Å². The number of hydrogen-bond donors (Lipinski definition) is 3. The van der Waals surface area contributed by atoms with Crippen LogP contribution in [0.3, 0.4) is 0 Å². The molecule has 3 rings (SSSR count). The van der Waals surface area contributed by atoms with Crippen LogP contribution in [0.15, 0.2) is 82.2 Å². The van der Waals surface area contributed by atoms with Crippen molar-refractivity contribution in [2.75, 3.05) is 0 Å². The fourth-order valence-electron chi connectivity index (χ4n) is 3.16. The van der Waals surface area contributed by atoms with Gasteiger partial charge in [-0.25, -0.2) is 8.42 Å². The van der Waals surface area contributed by atoms with E-state index in [4.69, 9.17) is 16.3 Å². The highest BCUT2D eigenvalue weighted by molar-refractivity contribution is 9.10. The molecule has 0 bridgehead atoms. The van der Waals surface area contributed by atoms with Crippen LogP contribution >= 0.6 is 27.5 Å². The quantitative estimate of drug-likeness (QED) is 0.317. The number of carbonyl (C=O) groups is 2. The van der Waals surface area contributed by atoms with Crippen molar-refractivity contribution in [1.82, 2.24) is 15.6 Å². The van der Waals surface area contributed by atoms with Gasteiger partial charge in [-0.05, 0) is 48.4 Å². The highest BCUT2D eigenvalue weighted by atomic mass is 79.9. The molecule has 190 valence electrons. The number of amides is 2. The SMILES string of the molecule is CC(C)[C@H](NS(=O)(=O)c1ccc(Br)cc1)C(=O)NNC(=O)c1ccccc1OCc1ccccc1Cl. The molecule has 0 radical (unpaired) electrons. The summed E-state index contributed by atoms with van der Waals surface area (Å²) in [6.07, 6.45) is 0. The monoisotopic (exact) mass is 593 g/mol. The lowest BCUT2D eigenvalue weighted by molar-refractivity contribution is -0.124. The summed E-state index contributed by atoms with van der Waals surface area (Å²) < 4.78 is 34.4. The third-order valence-corrected chi connectivity index (χ3v) is 7.48. The molecular weight excluding hydrogens is 570 g/mol. The average molecular weight is 595 g/mol. The molecule has 3 aromatic carbocycles. The minimum atomic E-state index is -3.98. The number of hydrogen-bond acceptors (Lipinski definition) is 5. The van der Waals surface area contributed by atoms with E-state index < -0.39 is 33.8 Å². The van der Waals surface area contributed by atoms with Crippen molar-refractivity contribution in [2.24, 2.45) is 5.92 Å². The second kappa shape index (κ2) is 12.4.